The minimum Gasteiger partial charge on any atom is -0.453 e. The van der Waals surface area contributed by atoms with E-state index in [0.717, 1.165) is 19.6 Å². The van der Waals surface area contributed by atoms with Gasteiger partial charge in [0.05, 0.1) is 5.56 Å². The second kappa shape index (κ2) is 8.36. The van der Waals surface area contributed by atoms with E-state index >= 15 is 0 Å². The number of anilines is 1. The average Bonchev–Trinajstić information content (AvgIpc) is 3.23. The highest BCUT2D eigenvalue weighted by molar-refractivity contribution is 5.74. The Morgan fingerprint density at radius 1 is 0.933 bits per heavy atom. The molecule has 0 aliphatic carbocycles. The lowest BCUT2D eigenvalue weighted by molar-refractivity contribution is -0.137. The van der Waals surface area contributed by atoms with Gasteiger partial charge in [-0.1, -0.05) is 30.3 Å². The van der Waals surface area contributed by atoms with Crippen molar-refractivity contribution in [3.63, 3.8) is 0 Å². The summed E-state index contributed by atoms with van der Waals surface area (Å²) in [7, 11) is 0. The maximum absolute atomic E-state index is 13.7. The number of nitrogens with zero attached hydrogens (tertiary/aromatic N) is 2. The number of benzene rings is 2. The van der Waals surface area contributed by atoms with Crippen LogP contribution in [0.4, 0.5) is 18.9 Å². The van der Waals surface area contributed by atoms with E-state index in [0.29, 0.717) is 25.1 Å². The second-order valence-electron chi connectivity index (χ2n) is 7.30. The highest BCUT2D eigenvalue weighted by atomic mass is 19.4. The van der Waals surface area contributed by atoms with Crippen molar-refractivity contribution in [1.29, 1.82) is 0 Å². The van der Waals surface area contributed by atoms with E-state index in [1.54, 1.807) is 6.07 Å². The molecule has 4 nitrogen and oxygen atoms in total. The molecule has 1 aromatic heterocycles. The average molecular weight is 414 g/mol. The molecular formula is C23H21F3N2O2. The fourth-order valence-corrected chi connectivity index (χ4v) is 3.75. The van der Waals surface area contributed by atoms with Gasteiger partial charge < -0.3 is 9.32 Å². The van der Waals surface area contributed by atoms with E-state index in [1.165, 1.54) is 29.8 Å². The number of rotatable bonds is 5. The number of carbonyl (C=O) groups is 1. The van der Waals surface area contributed by atoms with Gasteiger partial charge in [-0.25, -0.2) is 0 Å². The number of piperazine rings is 1. The number of hydrogen-bond donors (Lipinski definition) is 0. The molecular weight excluding hydrogens is 393 g/mol. The Balaban J connectivity index is 1.51. The first kappa shape index (κ1) is 20.2. The third-order valence-corrected chi connectivity index (χ3v) is 5.30. The van der Waals surface area contributed by atoms with E-state index in [9.17, 15) is 18.0 Å². The van der Waals surface area contributed by atoms with E-state index < -0.39 is 11.7 Å². The van der Waals surface area contributed by atoms with Crippen LogP contribution in [0.3, 0.4) is 0 Å². The van der Waals surface area contributed by atoms with Crippen LogP contribution in [0.5, 0.6) is 0 Å². The molecule has 0 spiro atoms. The third-order valence-electron chi connectivity index (χ3n) is 5.30. The van der Waals surface area contributed by atoms with Crippen molar-refractivity contribution in [3.8, 4) is 11.3 Å². The smallest absolute Gasteiger partial charge is 0.417 e. The molecule has 0 unspecified atom stereocenters. The Hall–Kier alpha value is -3.06. The van der Waals surface area contributed by atoms with Gasteiger partial charge in [-0.2, -0.15) is 13.2 Å². The van der Waals surface area contributed by atoms with Gasteiger partial charge in [0.15, 0.2) is 12.0 Å². The van der Waals surface area contributed by atoms with Crippen molar-refractivity contribution < 1.29 is 22.4 Å². The molecule has 156 valence electrons. The van der Waals surface area contributed by atoms with E-state index in [2.05, 4.69) is 17.0 Å². The summed E-state index contributed by atoms with van der Waals surface area (Å²) in [5, 5.41) is 0. The van der Waals surface area contributed by atoms with E-state index in [4.69, 9.17) is 4.42 Å². The van der Waals surface area contributed by atoms with Crippen molar-refractivity contribution in [2.45, 2.75) is 12.7 Å². The minimum absolute atomic E-state index is 0.00302. The molecule has 30 heavy (non-hydrogen) atoms. The Bertz CT molecular complexity index is 1010. The van der Waals surface area contributed by atoms with Gasteiger partial charge in [0.1, 0.15) is 5.76 Å². The van der Waals surface area contributed by atoms with E-state index in [1.807, 2.05) is 23.1 Å². The molecule has 3 aromatic rings. The molecule has 0 N–H and O–H groups in total. The zero-order valence-corrected chi connectivity index (χ0v) is 16.2. The van der Waals surface area contributed by atoms with Crippen LogP contribution in [-0.2, 0) is 12.7 Å². The Morgan fingerprint density at radius 3 is 2.30 bits per heavy atom. The molecule has 4 rings (SSSR count). The van der Waals surface area contributed by atoms with Gasteiger partial charge in [-0.3, -0.25) is 9.69 Å². The predicted octanol–water partition coefficient (Wildman–Crippen LogP) is 5.10. The Kier molecular flexibility index (Phi) is 5.63. The lowest BCUT2D eigenvalue weighted by Crippen LogP contribution is -2.46. The number of furan rings is 1. The summed E-state index contributed by atoms with van der Waals surface area (Å²) in [6.07, 6.45) is -4.06. The van der Waals surface area contributed by atoms with Gasteiger partial charge in [0.2, 0.25) is 0 Å². The zero-order valence-electron chi connectivity index (χ0n) is 16.2. The molecule has 1 aliphatic rings. The molecule has 1 fully saturated rings. The molecule has 0 radical (unpaired) electrons. The summed E-state index contributed by atoms with van der Waals surface area (Å²) < 4.78 is 46.4. The molecule has 2 aromatic carbocycles. The van der Waals surface area contributed by atoms with Gasteiger partial charge >= 0.3 is 6.18 Å². The van der Waals surface area contributed by atoms with Crippen molar-refractivity contribution >= 4 is 12.0 Å². The summed E-state index contributed by atoms with van der Waals surface area (Å²) in [6, 6.07) is 17.2. The number of aldehydes is 1. The molecule has 7 heteroatoms. The predicted molar refractivity (Wildman–Crippen MR) is 108 cm³/mol. The molecule has 0 atom stereocenters. The highest BCUT2D eigenvalue weighted by Crippen LogP contribution is 2.40. The van der Waals surface area contributed by atoms with Crippen LogP contribution < -0.4 is 4.90 Å². The highest BCUT2D eigenvalue weighted by Gasteiger charge is 2.35. The number of hydrogen-bond acceptors (Lipinski definition) is 4. The van der Waals surface area contributed by atoms with Crippen LogP contribution in [-0.4, -0.2) is 37.4 Å². The number of alkyl halides is 3. The summed E-state index contributed by atoms with van der Waals surface area (Å²) in [6.45, 7) is 3.69. The molecule has 0 saturated carbocycles. The van der Waals surface area contributed by atoms with Crippen LogP contribution in [0.15, 0.2) is 65.1 Å². The van der Waals surface area contributed by atoms with Crippen LogP contribution in [0.25, 0.3) is 11.3 Å². The standard InChI is InChI=1S/C23H21F3N2O2/c24-23(25,26)21-14-18(6-8-20(21)22-9-7-19(16-29)30-22)28-12-10-27(11-13-28)15-17-4-2-1-3-5-17/h1-9,14,16H,10-13,15H2. The molecule has 2 heterocycles. The fourth-order valence-electron chi connectivity index (χ4n) is 3.75. The largest absolute Gasteiger partial charge is 0.453 e. The maximum Gasteiger partial charge on any atom is 0.417 e. The van der Waals surface area contributed by atoms with Crippen LogP contribution >= 0.6 is 0 Å². The zero-order chi connectivity index (χ0) is 21.1. The first-order chi connectivity index (χ1) is 14.4. The molecule has 1 saturated heterocycles. The van der Waals surface area contributed by atoms with E-state index in [-0.39, 0.29) is 17.1 Å². The minimum atomic E-state index is -4.53. The fraction of sp³-hybridized carbons (Fsp3) is 0.261. The van der Waals surface area contributed by atoms with Crippen molar-refractivity contribution in [2.75, 3.05) is 31.1 Å². The molecule has 0 bridgehead atoms. The quantitative estimate of drug-likeness (QED) is 0.545. The first-order valence-corrected chi connectivity index (χ1v) is 9.72. The monoisotopic (exact) mass is 414 g/mol. The van der Waals surface area contributed by atoms with Crippen LogP contribution in [0, 0.1) is 0 Å². The summed E-state index contributed by atoms with van der Waals surface area (Å²) in [5.74, 6) is 0.0281. The summed E-state index contributed by atoms with van der Waals surface area (Å²) in [4.78, 5) is 15.1. The van der Waals surface area contributed by atoms with Gasteiger partial charge in [0.25, 0.3) is 0 Å². The number of halogens is 3. The van der Waals surface area contributed by atoms with Gasteiger partial charge in [-0.15, -0.1) is 0 Å². The lowest BCUT2D eigenvalue weighted by Gasteiger charge is -2.36. The second-order valence-corrected chi connectivity index (χ2v) is 7.30. The normalized spacial score (nSPS) is 15.4. The number of carbonyl (C=O) groups excluding carboxylic acids is 1. The summed E-state index contributed by atoms with van der Waals surface area (Å²) in [5.41, 5.74) is 0.927. The van der Waals surface area contributed by atoms with Crippen LogP contribution in [0.2, 0.25) is 0 Å². The molecule has 0 amide bonds. The van der Waals surface area contributed by atoms with Crippen molar-refractivity contribution in [1.82, 2.24) is 4.90 Å². The topological polar surface area (TPSA) is 36.7 Å². The Labute approximate surface area is 172 Å². The lowest BCUT2D eigenvalue weighted by atomic mass is 10.0. The third kappa shape index (κ3) is 4.41. The van der Waals surface area contributed by atoms with Gasteiger partial charge in [-0.05, 0) is 35.9 Å². The Morgan fingerprint density at radius 2 is 1.67 bits per heavy atom. The van der Waals surface area contributed by atoms with Crippen molar-refractivity contribution in [2.24, 2.45) is 0 Å². The molecule has 1 aliphatic heterocycles. The summed E-state index contributed by atoms with van der Waals surface area (Å²) >= 11 is 0. The maximum atomic E-state index is 13.7. The van der Waals surface area contributed by atoms with Crippen LogP contribution in [0.1, 0.15) is 21.7 Å². The van der Waals surface area contributed by atoms with Gasteiger partial charge in [0, 0.05) is 44.0 Å². The SMILES string of the molecule is O=Cc1ccc(-c2ccc(N3CCN(Cc4ccccc4)CC3)cc2C(F)(F)F)o1. The van der Waals surface area contributed by atoms with Crippen molar-refractivity contribution in [3.05, 3.63) is 77.6 Å². The first-order valence-electron chi connectivity index (χ1n) is 9.72.